The first-order chi connectivity index (χ1) is 70.9. The molecule has 1 aliphatic rings. The molecule has 1 unspecified atom stereocenters. The van der Waals surface area contributed by atoms with E-state index in [0.717, 1.165) is 62.6 Å². The molecule has 670 valence electrons. The number of hydrogen-bond donors (Lipinski definition) is 0. The van der Waals surface area contributed by atoms with Crippen LogP contribution in [0.2, 0.25) is 0 Å². The van der Waals surface area contributed by atoms with Crippen molar-refractivity contribution in [3.63, 3.8) is 0 Å². The summed E-state index contributed by atoms with van der Waals surface area (Å²) in [4.78, 5) is 23.0. The van der Waals surface area contributed by atoms with Crippen molar-refractivity contribution in [2.24, 2.45) is 4.99 Å². The van der Waals surface area contributed by atoms with E-state index < -0.39 is 0 Å². The van der Waals surface area contributed by atoms with Gasteiger partial charge < -0.3 is 0 Å². The summed E-state index contributed by atoms with van der Waals surface area (Å²) in [7, 11) is 0. The van der Waals surface area contributed by atoms with Crippen molar-refractivity contribution >= 4 is 103 Å². The van der Waals surface area contributed by atoms with Gasteiger partial charge in [-0.05, 0) is 306 Å². The molecule has 0 fully saturated rings. The van der Waals surface area contributed by atoms with E-state index in [9.17, 15) is 0 Å². The predicted octanol–water partition coefficient (Wildman–Crippen LogP) is 36.6. The molecule has 0 saturated carbocycles. The van der Waals surface area contributed by atoms with Crippen LogP contribution in [0, 0.1) is 0 Å². The van der Waals surface area contributed by atoms with Gasteiger partial charge in [0.1, 0.15) is 5.82 Å². The van der Waals surface area contributed by atoms with Crippen molar-refractivity contribution < 1.29 is 0 Å². The van der Waals surface area contributed by atoms with E-state index in [1.165, 1.54) is 197 Å². The van der Waals surface area contributed by atoms with Gasteiger partial charge >= 0.3 is 0 Å². The zero-order valence-corrected chi connectivity index (χ0v) is 78.4. The van der Waals surface area contributed by atoms with Crippen LogP contribution in [0.3, 0.4) is 0 Å². The SMILES string of the molecule is C1=CC(c2cccc(-c3c4ccccc4c(-c4cccc(-c5ccncc5)c4)c4cc(-c5ccccc5)ccc34)c2)CC=N1.c1ccc(-c2ccc(-c3c4ccccc4c(-c4ccc(-c5ccccn5)nc4)c4ccc(-c5ccccc5)cc34)cc2)cc1.c1ccc(-n2c(-c3ccc(-c4ccc5c(-c6ccc7ccccc7c6)c6ccccc6c(-c6ccc7ccccc7c6)c5c4)cc3)nc3ccccc32)cc1. The van der Waals surface area contributed by atoms with Crippen LogP contribution in [-0.2, 0) is 0 Å². The van der Waals surface area contributed by atoms with E-state index in [1.54, 1.807) is 6.20 Å². The molecular weight excluding hydrogens is 1730 g/mol. The molecule has 0 saturated heterocycles. The first-order valence-corrected chi connectivity index (χ1v) is 49.0. The second-order valence-electron chi connectivity index (χ2n) is 36.7. The molecule has 0 aliphatic carbocycles. The lowest BCUT2D eigenvalue weighted by molar-refractivity contribution is 0.888. The van der Waals surface area contributed by atoms with Crippen molar-refractivity contribution in [2.45, 2.75) is 12.3 Å². The van der Waals surface area contributed by atoms with Gasteiger partial charge in [0, 0.05) is 59.9 Å². The van der Waals surface area contributed by atoms with Crippen LogP contribution >= 0.6 is 0 Å². The molecule has 0 N–H and O–H groups in total. The molecule has 6 nitrogen and oxygen atoms in total. The lowest BCUT2D eigenvalue weighted by Gasteiger charge is -2.20. The van der Waals surface area contributed by atoms with Crippen molar-refractivity contribution in [3.8, 4) is 151 Å². The summed E-state index contributed by atoms with van der Waals surface area (Å²) < 4.78 is 2.26. The average molecular weight is 1820 g/mol. The molecule has 0 radical (unpaired) electrons. The lowest BCUT2D eigenvalue weighted by Crippen LogP contribution is -1.99. The van der Waals surface area contributed by atoms with Gasteiger partial charge in [-0.15, -0.1) is 0 Å². The Morgan fingerprint density at radius 3 is 1.09 bits per heavy atom. The maximum absolute atomic E-state index is 5.12. The van der Waals surface area contributed by atoms with Gasteiger partial charge in [0.25, 0.3) is 0 Å². The highest BCUT2D eigenvalue weighted by atomic mass is 15.1. The maximum Gasteiger partial charge on any atom is 0.145 e. The molecule has 0 spiro atoms. The summed E-state index contributed by atoms with van der Waals surface area (Å²) in [6, 6.07) is 180. The fourth-order valence-electron chi connectivity index (χ4n) is 21.5. The molecule has 5 heterocycles. The fourth-order valence-corrected chi connectivity index (χ4v) is 21.5. The van der Waals surface area contributed by atoms with E-state index in [0.29, 0.717) is 5.92 Å². The van der Waals surface area contributed by atoms with Gasteiger partial charge in [-0.25, -0.2) is 4.98 Å². The number of benzene rings is 22. The molecule has 1 aliphatic heterocycles. The van der Waals surface area contributed by atoms with E-state index in [2.05, 4.69) is 505 Å². The van der Waals surface area contributed by atoms with Gasteiger partial charge in [-0.2, -0.15) is 0 Å². The molecule has 27 rings (SSSR count). The molecule has 26 aromatic rings. The zero-order chi connectivity index (χ0) is 94.9. The number of rotatable bonds is 15. The third kappa shape index (κ3) is 16.6. The van der Waals surface area contributed by atoms with E-state index >= 15 is 0 Å². The number of allylic oxidation sites excluding steroid dienone is 1. The normalized spacial score (nSPS) is 12.3. The number of nitrogens with zero attached hydrogens (tertiary/aromatic N) is 6. The minimum Gasteiger partial charge on any atom is -0.292 e. The van der Waals surface area contributed by atoms with Crippen molar-refractivity contribution in [1.82, 2.24) is 24.5 Å². The van der Waals surface area contributed by atoms with Crippen LogP contribution in [0.1, 0.15) is 17.9 Å². The molecule has 6 heteroatoms. The molecule has 1 atom stereocenters. The molecule has 0 bridgehead atoms. The third-order valence-electron chi connectivity index (χ3n) is 28.3. The Balaban J connectivity index is 0.000000114. The number of para-hydroxylation sites is 3. The Morgan fingerprint density at radius 2 is 0.580 bits per heavy atom. The highest BCUT2D eigenvalue weighted by Crippen LogP contribution is 2.51. The largest absolute Gasteiger partial charge is 0.292 e. The van der Waals surface area contributed by atoms with Crippen LogP contribution < -0.4 is 0 Å². The molecule has 22 aromatic carbocycles. The summed E-state index contributed by atoms with van der Waals surface area (Å²) in [6.07, 6.45) is 14.6. The van der Waals surface area contributed by atoms with Crippen molar-refractivity contribution in [1.29, 1.82) is 0 Å². The zero-order valence-electron chi connectivity index (χ0n) is 78.4. The Morgan fingerprint density at radius 1 is 0.217 bits per heavy atom. The predicted molar refractivity (Wildman–Crippen MR) is 603 cm³/mol. The van der Waals surface area contributed by atoms with Gasteiger partial charge in [0.15, 0.2) is 0 Å². The number of imidazole rings is 1. The smallest absolute Gasteiger partial charge is 0.145 e. The average Bonchev–Trinajstić information content (AvgIpc) is 1.66. The number of pyridine rings is 3. The summed E-state index contributed by atoms with van der Waals surface area (Å²) in [6.45, 7) is 0. The first-order valence-electron chi connectivity index (χ1n) is 49.0. The number of fused-ring (bicyclic) bond motifs is 9. The highest BCUT2D eigenvalue weighted by Gasteiger charge is 2.25. The van der Waals surface area contributed by atoms with Crippen molar-refractivity contribution in [3.05, 3.63) is 540 Å². The number of hydrogen-bond acceptors (Lipinski definition) is 5. The lowest BCUT2D eigenvalue weighted by atomic mass is 9.83. The van der Waals surface area contributed by atoms with Crippen LogP contribution in [-0.4, -0.2) is 30.7 Å². The number of aliphatic imine (C=N–C) groups is 1. The van der Waals surface area contributed by atoms with Gasteiger partial charge in [0.2, 0.25) is 0 Å². The van der Waals surface area contributed by atoms with Gasteiger partial charge in [-0.1, -0.05) is 413 Å². The summed E-state index contributed by atoms with van der Waals surface area (Å²) >= 11 is 0. The summed E-state index contributed by atoms with van der Waals surface area (Å²) in [5, 5.41) is 19.8. The Kier molecular flexibility index (Phi) is 22.8. The second kappa shape index (κ2) is 38.0. The van der Waals surface area contributed by atoms with Crippen LogP contribution in [0.25, 0.3) is 248 Å². The molecule has 143 heavy (non-hydrogen) atoms. The highest BCUT2D eigenvalue weighted by molar-refractivity contribution is 6.26. The number of aromatic nitrogens is 5. The van der Waals surface area contributed by atoms with Crippen LogP contribution in [0.5, 0.6) is 0 Å². The Labute approximate surface area is 830 Å². The minimum absolute atomic E-state index is 0.338. The molecular formula is C137H92N6. The maximum atomic E-state index is 5.12. The third-order valence-corrected chi connectivity index (χ3v) is 28.3. The molecule has 4 aromatic heterocycles. The van der Waals surface area contributed by atoms with E-state index in [-0.39, 0.29) is 0 Å². The van der Waals surface area contributed by atoms with Crippen LogP contribution in [0.4, 0.5) is 0 Å². The second-order valence-corrected chi connectivity index (χ2v) is 36.7. The van der Waals surface area contributed by atoms with E-state index in [4.69, 9.17) is 9.97 Å². The van der Waals surface area contributed by atoms with Crippen molar-refractivity contribution in [2.75, 3.05) is 0 Å². The minimum atomic E-state index is 0.338. The first kappa shape index (κ1) is 85.9. The monoisotopic (exact) mass is 1820 g/mol. The van der Waals surface area contributed by atoms with Crippen LogP contribution in [0.15, 0.2) is 539 Å². The molecule has 0 amide bonds. The Bertz CT molecular complexity index is 9370. The summed E-state index contributed by atoms with van der Waals surface area (Å²) in [5.74, 6) is 1.27. The fraction of sp³-hybridized carbons (Fsp3) is 0.0146. The van der Waals surface area contributed by atoms with Gasteiger partial charge in [0.05, 0.1) is 22.4 Å². The standard InChI is InChI=1S/C53H34N2.C42H28N2.C42H30N2/c1-2-16-44(17-3-1)55-50-21-11-10-20-49(50)54-53(55)38-26-22-37(23-27-38)41-30-31-47-48(34-41)52(43-29-25-36-13-5-7-15-40(36)33-43)46-19-9-8-18-45(46)51(47)42-28-24-35-12-4-6-14-39(35)32-42;1-3-11-29(12-4-1)31-18-20-32(21-19-31)41-35-15-7-8-16-36(35)42(34-23-25-40(44-28-34)39-17-9-10-26-43-39)37-24-22-33(27-38(37)41)30-13-5-2-6-14-30;1-2-8-29(9-3-1)34-16-17-39-40(28-34)42(36-13-7-11-33(27-36)31-20-24-44-25-21-31)38-15-5-4-14-37(38)41(39)35-12-6-10-32(26-35)30-18-22-43-23-19-30/h1-34H;1-28H;1-18,20-28,30H,19H2. The topological polar surface area (TPSA) is 68.8 Å². The van der Waals surface area contributed by atoms with E-state index in [1.807, 2.05) is 49.2 Å². The summed E-state index contributed by atoms with van der Waals surface area (Å²) in [5.41, 5.74) is 33.9. The Hall–Kier alpha value is -18.8. The quantitative estimate of drug-likeness (QED) is 0.0959. The van der Waals surface area contributed by atoms with Gasteiger partial charge in [-0.3, -0.25) is 24.5 Å².